The van der Waals surface area contributed by atoms with Crippen LogP contribution in [0.15, 0.2) is 164 Å². The first-order valence-corrected chi connectivity index (χ1v) is 17.8. The molecule has 53 heavy (non-hydrogen) atoms. The Morgan fingerprint density at radius 3 is 1.66 bits per heavy atom. The lowest BCUT2D eigenvalue weighted by Gasteiger charge is -2.25. The number of rotatable bonds is 5. The van der Waals surface area contributed by atoms with Crippen LogP contribution in [0.2, 0.25) is 0 Å². The molecule has 252 valence electrons. The van der Waals surface area contributed by atoms with E-state index in [0.29, 0.717) is 29.0 Å². The van der Waals surface area contributed by atoms with Crippen molar-refractivity contribution in [1.82, 2.24) is 15.0 Å². The van der Waals surface area contributed by atoms with Gasteiger partial charge in [-0.2, -0.15) is 0 Å². The van der Waals surface area contributed by atoms with Crippen molar-refractivity contribution in [1.29, 1.82) is 0 Å². The summed E-state index contributed by atoms with van der Waals surface area (Å²) in [6.45, 7) is 4.54. The van der Waals surface area contributed by atoms with Gasteiger partial charge in [-0.3, -0.25) is 0 Å². The van der Waals surface area contributed by atoms with Gasteiger partial charge in [0, 0.05) is 27.7 Å². The summed E-state index contributed by atoms with van der Waals surface area (Å²) < 4.78 is 13.2. The number of aromatic nitrogens is 3. The Kier molecular flexibility index (Phi) is 7.08. The maximum Gasteiger partial charge on any atom is 0.178 e. The molecular formula is C48H33N3O2. The van der Waals surface area contributed by atoms with Crippen molar-refractivity contribution < 1.29 is 9.47 Å². The molecule has 0 saturated carbocycles. The largest absolute Gasteiger partial charge is 0.449 e. The molecule has 5 nitrogen and oxygen atoms in total. The molecule has 0 bridgehead atoms. The summed E-state index contributed by atoms with van der Waals surface area (Å²) in [5, 5.41) is 0. The van der Waals surface area contributed by atoms with E-state index in [4.69, 9.17) is 24.4 Å². The topological polar surface area (TPSA) is 57.1 Å². The highest BCUT2D eigenvalue weighted by molar-refractivity contribution is 5.88. The number of ether oxygens (including phenoxy) is 2. The molecule has 0 unspecified atom stereocenters. The Hall–Kier alpha value is -6.85. The molecule has 5 heteroatoms. The zero-order valence-electron chi connectivity index (χ0n) is 29.2. The van der Waals surface area contributed by atoms with Crippen LogP contribution in [-0.2, 0) is 5.41 Å². The molecule has 0 radical (unpaired) electrons. The second-order valence-electron chi connectivity index (χ2n) is 14.0. The van der Waals surface area contributed by atoms with Gasteiger partial charge in [0.15, 0.2) is 40.5 Å². The molecule has 2 aliphatic rings. The molecule has 1 aliphatic carbocycles. The average Bonchev–Trinajstić information content (AvgIpc) is 3.46. The van der Waals surface area contributed by atoms with E-state index < -0.39 is 0 Å². The molecule has 0 fully saturated rings. The van der Waals surface area contributed by atoms with Crippen LogP contribution in [0.5, 0.6) is 23.0 Å². The summed E-state index contributed by atoms with van der Waals surface area (Å²) >= 11 is 0. The smallest absolute Gasteiger partial charge is 0.178 e. The van der Waals surface area contributed by atoms with Gasteiger partial charge in [0.2, 0.25) is 0 Å². The van der Waals surface area contributed by atoms with E-state index in [0.717, 1.165) is 56.0 Å². The van der Waals surface area contributed by atoms with Crippen LogP contribution in [0.1, 0.15) is 25.0 Å². The Bertz CT molecular complexity index is 2690. The van der Waals surface area contributed by atoms with Crippen LogP contribution in [0, 0.1) is 0 Å². The second-order valence-corrected chi connectivity index (χ2v) is 14.0. The van der Waals surface area contributed by atoms with Gasteiger partial charge in [-0.05, 0) is 63.2 Å². The molecule has 1 aromatic heterocycles. The average molecular weight is 684 g/mol. The number of hydrogen-bond acceptors (Lipinski definition) is 5. The zero-order chi connectivity index (χ0) is 35.5. The highest BCUT2D eigenvalue weighted by Crippen LogP contribution is 2.58. The van der Waals surface area contributed by atoms with Gasteiger partial charge in [-0.1, -0.05) is 153 Å². The Labute approximate surface area is 308 Å². The molecule has 0 amide bonds. The van der Waals surface area contributed by atoms with E-state index >= 15 is 0 Å². The standard InChI is InChI=1S/C48H33N3O2/c1-48(2)38-19-10-9-18-37(38)43-39(48)25-27-41-44(43)53-42-29-35(24-26-40(42)52-41)31-20-22-33(23-21-31)46-49-45(32-14-7-4-8-15-32)50-47(51-46)36-17-11-16-34(28-36)30-12-5-3-6-13-30/h3-29H,1-2H3. The fraction of sp³-hybridized carbons (Fsp3) is 0.0625. The number of nitrogens with zero attached hydrogens (tertiary/aromatic N) is 3. The molecule has 7 aromatic carbocycles. The van der Waals surface area contributed by atoms with Crippen molar-refractivity contribution in [3.8, 4) is 90.5 Å². The summed E-state index contributed by atoms with van der Waals surface area (Å²) in [5.41, 5.74) is 11.8. The van der Waals surface area contributed by atoms with E-state index in [1.54, 1.807) is 0 Å². The fourth-order valence-electron chi connectivity index (χ4n) is 7.64. The lowest BCUT2D eigenvalue weighted by Crippen LogP contribution is -2.15. The zero-order valence-corrected chi connectivity index (χ0v) is 29.2. The van der Waals surface area contributed by atoms with Crippen molar-refractivity contribution in [2.75, 3.05) is 0 Å². The molecule has 0 N–H and O–H groups in total. The highest BCUT2D eigenvalue weighted by atomic mass is 16.6. The van der Waals surface area contributed by atoms with Crippen LogP contribution in [0.4, 0.5) is 0 Å². The first-order valence-electron chi connectivity index (χ1n) is 17.8. The predicted octanol–water partition coefficient (Wildman–Crippen LogP) is 12.4. The van der Waals surface area contributed by atoms with Crippen LogP contribution < -0.4 is 9.47 Å². The van der Waals surface area contributed by atoms with Gasteiger partial charge >= 0.3 is 0 Å². The summed E-state index contributed by atoms with van der Waals surface area (Å²) in [4.78, 5) is 14.9. The fourth-order valence-corrected chi connectivity index (χ4v) is 7.64. The first-order chi connectivity index (χ1) is 26.0. The molecule has 2 heterocycles. The highest BCUT2D eigenvalue weighted by Gasteiger charge is 2.39. The predicted molar refractivity (Wildman–Crippen MR) is 211 cm³/mol. The van der Waals surface area contributed by atoms with Gasteiger partial charge < -0.3 is 9.47 Å². The molecular weight excluding hydrogens is 651 g/mol. The molecule has 0 atom stereocenters. The van der Waals surface area contributed by atoms with Gasteiger partial charge in [0.1, 0.15) is 0 Å². The maximum absolute atomic E-state index is 6.72. The molecule has 10 rings (SSSR count). The quantitative estimate of drug-likeness (QED) is 0.181. The van der Waals surface area contributed by atoms with Crippen molar-refractivity contribution in [2.24, 2.45) is 0 Å². The third-order valence-electron chi connectivity index (χ3n) is 10.4. The summed E-state index contributed by atoms with van der Waals surface area (Å²) in [6, 6.07) is 56.0. The van der Waals surface area contributed by atoms with Crippen LogP contribution in [0.3, 0.4) is 0 Å². The third kappa shape index (κ3) is 5.28. The SMILES string of the molecule is CC1(C)c2ccccc2-c2c1ccc1c2Oc2cc(-c3ccc(-c4nc(-c5ccccc5)nc(-c5cccc(-c6ccccc6)c5)n4)cc3)ccc2O1. The minimum atomic E-state index is -0.123. The van der Waals surface area contributed by atoms with Gasteiger partial charge in [-0.25, -0.2) is 15.0 Å². The molecule has 8 aromatic rings. The molecule has 0 saturated heterocycles. The number of benzene rings is 7. The minimum absolute atomic E-state index is 0.123. The van der Waals surface area contributed by atoms with Gasteiger partial charge in [0.05, 0.1) is 0 Å². The lowest BCUT2D eigenvalue weighted by molar-refractivity contribution is 0.360. The molecule has 1 aliphatic heterocycles. The Morgan fingerprint density at radius 1 is 0.377 bits per heavy atom. The monoisotopic (exact) mass is 683 g/mol. The minimum Gasteiger partial charge on any atom is -0.449 e. The number of hydrogen-bond donors (Lipinski definition) is 0. The van der Waals surface area contributed by atoms with Gasteiger partial charge in [-0.15, -0.1) is 0 Å². The Balaban J connectivity index is 0.995. The number of fused-ring (bicyclic) bond motifs is 6. The van der Waals surface area contributed by atoms with Crippen molar-refractivity contribution in [3.05, 3.63) is 175 Å². The van der Waals surface area contributed by atoms with Crippen LogP contribution in [-0.4, -0.2) is 15.0 Å². The van der Waals surface area contributed by atoms with E-state index in [-0.39, 0.29) is 5.41 Å². The van der Waals surface area contributed by atoms with E-state index in [1.807, 2.05) is 48.5 Å². The van der Waals surface area contributed by atoms with E-state index in [2.05, 4.69) is 129 Å². The van der Waals surface area contributed by atoms with Crippen molar-refractivity contribution in [2.45, 2.75) is 19.3 Å². The van der Waals surface area contributed by atoms with Crippen molar-refractivity contribution in [3.63, 3.8) is 0 Å². The summed E-state index contributed by atoms with van der Waals surface area (Å²) in [7, 11) is 0. The van der Waals surface area contributed by atoms with Crippen LogP contribution in [0.25, 0.3) is 67.5 Å². The third-order valence-corrected chi connectivity index (χ3v) is 10.4. The van der Waals surface area contributed by atoms with E-state index in [1.165, 1.54) is 16.7 Å². The molecule has 0 spiro atoms. The first kappa shape index (κ1) is 30.9. The normalized spacial score (nSPS) is 13.2. The summed E-state index contributed by atoms with van der Waals surface area (Å²) in [5.74, 6) is 4.77. The van der Waals surface area contributed by atoms with Crippen LogP contribution >= 0.6 is 0 Å². The second kappa shape index (κ2) is 12.1. The van der Waals surface area contributed by atoms with E-state index in [9.17, 15) is 0 Å². The Morgan fingerprint density at radius 2 is 0.906 bits per heavy atom. The van der Waals surface area contributed by atoms with Crippen molar-refractivity contribution >= 4 is 0 Å². The maximum atomic E-state index is 6.72. The lowest BCUT2D eigenvalue weighted by atomic mass is 9.82. The van der Waals surface area contributed by atoms with Gasteiger partial charge in [0.25, 0.3) is 0 Å². The summed E-state index contributed by atoms with van der Waals surface area (Å²) in [6.07, 6.45) is 0.